The van der Waals surface area contributed by atoms with Gasteiger partial charge in [0.25, 0.3) is 0 Å². The molecule has 2 heterocycles. The number of carbonyl (C=O) groups is 1. The Balaban J connectivity index is 2.24. The number of hydrogen-bond donors (Lipinski definition) is 0. The van der Waals surface area contributed by atoms with E-state index in [-0.39, 0.29) is 29.7 Å². The molecule has 0 radical (unpaired) electrons. The summed E-state index contributed by atoms with van der Waals surface area (Å²) in [6.07, 6.45) is 3.86. The minimum absolute atomic E-state index is 0.162. The maximum atomic E-state index is 12.3. The molecule has 1 atom stereocenters. The first-order valence-electron chi connectivity index (χ1n) is 5.98. The van der Waals surface area contributed by atoms with Crippen molar-refractivity contribution in [2.75, 3.05) is 13.1 Å². The molecule has 0 N–H and O–H groups in total. The van der Waals surface area contributed by atoms with Crippen LogP contribution >= 0.6 is 0 Å². The van der Waals surface area contributed by atoms with Crippen LogP contribution in [0.4, 0.5) is 0 Å². The summed E-state index contributed by atoms with van der Waals surface area (Å²) in [4.78, 5) is 15.6. The Bertz CT molecular complexity index is 528. The zero-order valence-corrected chi connectivity index (χ0v) is 11.1. The van der Waals surface area contributed by atoms with Crippen molar-refractivity contribution < 1.29 is 13.2 Å². The second kappa shape index (κ2) is 5.16. The van der Waals surface area contributed by atoms with Gasteiger partial charge >= 0.3 is 0 Å². The summed E-state index contributed by atoms with van der Waals surface area (Å²) in [5.74, 6) is -0.0136. The van der Waals surface area contributed by atoms with Gasteiger partial charge in [0.05, 0.1) is 0 Å². The van der Waals surface area contributed by atoms with Crippen molar-refractivity contribution in [1.29, 1.82) is 0 Å². The minimum Gasteiger partial charge on any atom is -0.299 e. The highest BCUT2D eigenvalue weighted by Crippen LogP contribution is 2.22. The fraction of sp³-hybridized carbons (Fsp3) is 0.500. The van der Waals surface area contributed by atoms with Crippen LogP contribution in [0.1, 0.15) is 19.8 Å². The van der Waals surface area contributed by atoms with E-state index in [1.807, 2.05) is 6.92 Å². The maximum Gasteiger partial charge on any atom is 0.244 e. The number of rotatable bonds is 3. The van der Waals surface area contributed by atoms with Crippen molar-refractivity contribution in [1.82, 2.24) is 9.29 Å². The Kier molecular flexibility index (Phi) is 3.77. The quantitative estimate of drug-likeness (QED) is 0.822. The lowest BCUT2D eigenvalue weighted by atomic mass is 9.96. The molecule has 0 bridgehead atoms. The van der Waals surface area contributed by atoms with E-state index in [0.29, 0.717) is 12.8 Å². The Morgan fingerprint density at radius 2 is 2.28 bits per heavy atom. The molecule has 98 valence electrons. The predicted molar refractivity (Wildman–Crippen MR) is 66.4 cm³/mol. The molecule has 18 heavy (non-hydrogen) atoms. The van der Waals surface area contributed by atoms with Gasteiger partial charge in [-0.05, 0) is 18.6 Å². The highest BCUT2D eigenvalue weighted by Gasteiger charge is 2.33. The van der Waals surface area contributed by atoms with Gasteiger partial charge in [-0.15, -0.1) is 0 Å². The van der Waals surface area contributed by atoms with Crippen LogP contribution in [-0.4, -0.2) is 36.6 Å². The molecule has 1 saturated heterocycles. The van der Waals surface area contributed by atoms with Crippen LogP contribution in [0.2, 0.25) is 0 Å². The summed E-state index contributed by atoms with van der Waals surface area (Å²) in [5, 5.41) is 0. The van der Waals surface area contributed by atoms with Gasteiger partial charge in [-0.1, -0.05) is 6.92 Å². The molecule has 2 rings (SSSR count). The third kappa shape index (κ3) is 2.44. The first kappa shape index (κ1) is 13.2. The van der Waals surface area contributed by atoms with Crippen LogP contribution in [0.5, 0.6) is 0 Å². The smallest absolute Gasteiger partial charge is 0.244 e. The zero-order valence-electron chi connectivity index (χ0n) is 10.2. The molecule has 1 fully saturated rings. The van der Waals surface area contributed by atoms with E-state index < -0.39 is 10.0 Å². The van der Waals surface area contributed by atoms with E-state index >= 15 is 0 Å². The summed E-state index contributed by atoms with van der Waals surface area (Å²) in [6.45, 7) is 2.46. The second-order valence-electron chi connectivity index (χ2n) is 4.37. The van der Waals surface area contributed by atoms with Gasteiger partial charge in [0.2, 0.25) is 10.0 Å². The predicted octanol–water partition coefficient (Wildman–Crippen LogP) is 1.07. The number of pyridine rings is 1. The molecule has 1 aliphatic heterocycles. The Hall–Kier alpha value is -1.27. The van der Waals surface area contributed by atoms with Crippen LogP contribution < -0.4 is 0 Å². The average molecular weight is 268 g/mol. The molecule has 1 aliphatic rings. The third-order valence-corrected chi connectivity index (χ3v) is 5.10. The molecule has 0 aromatic carbocycles. The molecule has 0 amide bonds. The molecule has 0 spiro atoms. The molecule has 1 unspecified atom stereocenters. The van der Waals surface area contributed by atoms with Crippen LogP contribution in [0.15, 0.2) is 29.4 Å². The highest BCUT2D eigenvalue weighted by molar-refractivity contribution is 7.89. The van der Waals surface area contributed by atoms with Crippen LogP contribution in [-0.2, 0) is 14.8 Å². The largest absolute Gasteiger partial charge is 0.299 e. The molecule has 1 aromatic heterocycles. The van der Waals surface area contributed by atoms with Crippen molar-refractivity contribution in [3.8, 4) is 0 Å². The Morgan fingerprint density at radius 1 is 1.50 bits per heavy atom. The van der Waals surface area contributed by atoms with Gasteiger partial charge in [0.15, 0.2) is 0 Å². The molecule has 6 heteroatoms. The van der Waals surface area contributed by atoms with Gasteiger partial charge in [-0.25, -0.2) is 8.42 Å². The Morgan fingerprint density at radius 3 is 2.89 bits per heavy atom. The van der Waals surface area contributed by atoms with E-state index in [1.165, 1.54) is 22.8 Å². The normalized spacial score (nSPS) is 22.1. The van der Waals surface area contributed by atoms with E-state index in [4.69, 9.17) is 0 Å². The monoisotopic (exact) mass is 268 g/mol. The third-order valence-electron chi connectivity index (χ3n) is 3.25. The SMILES string of the molecule is CCC1CN(S(=O)(=O)c2cccnc2)CCC1=O. The standard InChI is InChI=1S/C12H16N2O3S/c1-2-10-9-14(7-5-12(10)15)18(16,17)11-4-3-6-13-8-11/h3-4,6,8,10H,2,5,7,9H2,1H3. The maximum absolute atomic E-state index is 12.3. The number of hydrogen-bond acceptors (Lipinski definition) is 4. The van der Waals surface area contributed by atoms with Gasteiger partial charge in [0.1, 0.15) is 10.7 Å². The van der Waals surface area contributed by atoms with Crippen molar-refractivity contribution in [3.63, 3.8) is 0 Å². The number of Topliss-reactive ketones (excluding diaryl/α,β-unsaturated/α-hetero) is 1. The van der Waals surface area contributed by atoms with Gasteiger partial charge in [-0.2, -0.15) is 4.31 Å². The number of carbonyl (C=O) groups excluding carboxylic acids is 1. The van der Waals surface area contributed by atoms with Crippen LogP contribution in [0.25, 0.3) is 0 Å². The molecular weight excluding hydrogens is 252 g/mol. The molecule has 0 saturated carbocycles. The number of nitrogens with zero attached hydrogens (tertiary/aromatic N) is 2. The number of piperidine rings is 1. The number of ketones is 1. The minimum atomic E-state index is -3.51. The summed E-state index contributed by atoms with van der Waals surface area (Å²) in [7, 11) is -3.51. The fourth-order valence-corrected chi connectivity index (χ4v) is 3.55. The average Bonchev–Trinajstić information content (AvgIpc) is 2.40. The summed E-state index contributed by atoms with van der Waals surface area (Å²) in [5.41, 5.74) is 0. The number of aromatic nitrogens is 1. The summed E-state index contributed by atoms with van der Waals surface area (Å²) >= 11 is 0. The topological polar surface area (TPSA) is 67.3 Å². The highest BCUT2D eigenvalue weighted by atomic mass is 32.2. The van der Waals surface area contributed by atoms with E-state index in [1.54, 1.807) is 6.07 Å². The lowest BCUT2D eigenvalue weighted by molar-refractivity contribution is -0.125. The van der Waals surface area contributed by atoms with Crippen molar-refractivity contribution in [2.45, 2.75) is 24.7 Å². The zero-order chi connectivity index (χ0) is 13.2. The van der Waals surface area contributed by atoms with Crippen molar-refractivity contribution in [2.24, 2.45) is 5.92 Å². The van der Waals surface area contributed by atoms with E-state index in [2.05, 4.69) is 4.98 Å². The molecule has 5 nitrogen and oxygen atoms in total. The van der Waals surface area contributed by atoms with E-state index in [0.717, 1.165) is 0 Å². The lowest BCUT2D eigenvalue weighted by Crippen LogP contribution is -2.43. The Labute approximate surface area is 107 Å². The number of sulfonamides is 1. The van der Waals surface area contributed by atoms with Crippen molar-refractivity contribution >= 4 is 15.8 Å². The van der Waals surface area contributed by atoms with Crippen LogP contribution in [0.3, 0.4) is 0 Å². The van der Waals surface area contributed by atoms with Crippen molar-refractivity contribution in [3.05, 3.63) is 24.5 Å². The summed E-state index contributed by atoms with van der Waals surface area (Å²) < 4.78 is 26.0. The fourth-order valence-electron chi connectivity index (χ4n) is 2.10. The first-order chi connectivity index (χ1) is 8.55. The molecular formula is C12H16N2O3S. The molecule has 1 aromatic rings. The van der Waals surface area contributed by atoms with Gasteiger partial charge in [0, 0.05) is 37.8 Å². The molecule has 0 aliphatic carbocycles. The second-order valence-corrected chi connectivity index (χ2v) is 6.31. The van der Waals surface area contributed by atoms with Gasteiger partial charge in [-0.3, -0.25) is 9.78 Å². The van der Waals surface area contributed by atoms with E-state index in [9.17, 15) is 13.2 Å². The van der Waals surface area contributed by atoms with Gasteiger partial charge < -0.3 is 0 Å². The lowest BCUT2D eigenvalue weighted by Gasteiger charge is -2.30. The first-order valence-corrected chi connectivity index (χ1v) is 7.42. The summed E-state index contributed by atoms with van der Waals surface area (Å²) in [6, 6.07) is 3.12. The van der Waals surface area contributed by atoms with Crippen LogP contribution in [0, 0.1) is 5.92 Å².